The summed E-state index contributed by atoms with van der Waals surface area (Å²) >= 11 is 0. The molecule has 1 saturated heterocycles. The first-order valence-electron chi connectivity index (χ1n) is 7.30. The summed E-state index contributed by atoms with van der Waals surface area (Å²) in [5.74, 6) is 0.777. The quantitative estimate of drug-likeness (QED) is 0.687. The summed E-state index contributed by atoms with van der Waals surface area (Å²) in [5, 5.41) is 0. The number of ether oxygens (including phenoxy) is 1. The largest absolute Gasteiger partial charge is 0.385 e. The molecule has 5 heteroatoms. The van der Waals surface area contributed by atoms with Gasteiger partial charge < -0.3 is 15.4 Å². The highest BCUT2D eigenvalue weighted by atomic mass is 16.5. The Labute approximate surface area is 117 Å². The van der Waals surface area contributed by atoms with Gasteiger partial charge in [0.25, 0.3) is 0 Å². The van der Waals surface area contributed by atoms with Crippen molar-refractivity contribution in [3.8, 4) is 0 Å². The van der Waals surface area contributed by atoms with Crippen LogP contribution in [-0.4, -0.2) is 68.2 Å². The molecule has 1 atom stereocenters. The van der Waals surface area contributed by atoms with Gasteiger partial charge in [-0.05, 0) is 18.8 Å². The Morgan fingerprint density at radius 3 is 2.42 bits per heavy atom. The molecule has 1 aliphatic heterocycles. The zero-order valence-corrected chi connectivity index (χ0v) is 12.6. The second-order valence-corrected chi connectivity index (χ2v) is 5.76. The standard InChI is InChI=1S/C14H29N3O2/c1-12(2)11-16-6-8-17(9-7-16)14(18)13(15)5-4-10-19-3/h12-13H,4-11,15H2,1-3H3. The van der Waals surface area contributed by atoms with Gasteiger partial charge in [0.05, 0.1) is 6.04 Å². The highest BCUT2D eigenvalue weighted by Gasteiger charge is 2.24. The lowest BCUT2D eigenvalue weighted by Crippen LogP contribution is -2.53. The van der Waals surface area contributed by atoms with Gasteiger partial charge in [-0.2, -0.15) is 0 Å². The zero-order valence-electron chi connectivity index (χ0n) is 12.6. The van der Waals surface area contributed by atoms with Crippen molar-refractivity contribution < 1.29 is 9.53 Å². The number of hydrogen-bond acceptors (Lipinski definition) is 4. The number of methoxy groups -OCH3 is 1. The zero-order chi connectivity index (χ0) is 14.3. The van der Waals surface area contributed by atoms with Gasteiger partial charge >= 0.3 is 0 Å². The van der Waals surface area contributed by atoms with Crippen LogP contribution in [0.2, 0.25) is 0 Å². The van der Waals surface area contributed by atoms with Crippen LogP contribution in [-0.2, 0) is 9.53 Å². The lowest BCUT2D eigenvalue weighted by Gasteiger charge is -2.36. The number of nitrogens with zero attached hydrogens (tertiary/aromatic N) is 2. The van der Waals surface area contributed by atoms with E-state index < -0.39 is 0 Å². The molecular weight excluding hydrogens is 242 g/mol. The van der Waals surface area contributed by atoms with Crippen LogP contribution in [0.25, 0.3) is 0 Å². The van der Waals surface area contributed by atoms with E-state index in [-0.39, 0.29) is 11.9 Å². The molecule has 0 aromatic carbocycles. The average molecular weight is 271 g/mol. The fourth-order valence-corrected chi connectivity index (χ4v) is 2.47. The minimum Gasteiger partial charge on any atom is -0.385 e. The second kappa shape index (κ2) is 8.51. The third-order valence-electron chi connectivity index (χ3n) is 3.49. The van der Waals surface area contributed by atoms with Crippen LogP contribution in [0.3, 0.4) is 0 Å². The van der Waals surface area contributed by atoms with Crippen LogP contribution in [0.15, 0.2) is 0 Å². The number of hydrogen-bond donors (Lipinski definition) is 1. The molecule has 0 aromatic heterocycles. The van der Waals surface area contributed by atoms with Crippen molar-refractivity contribution in [2.75, 3.05) is 46.4 Å². The van der Waals surface area contributed by atoms with E-state index in [1.165, 1.54) is 0 Å². The highest BCUT2D eigenvalue weighted by molar-refractivity contribution is 5.81. The summed E-state index contributed by atoms with van der Waals surface area (Å²) in [7, 11) is 1.67. The normalized spacial score (nSPS) is 18.9. The van der Waals surface area contributed by atoms with Crippen LogP contribution in [0.1, 0.15) is 26.7 Å². The van der Waals surface area contributed by atoms with Crippen LogP contribution in [0, 0.1) is 5.92 Å². The predicted octanol–water partition coefficient (Wildman–Crippen LogP) is 0.541. The van der Waals surface area contributed by atoms with Gasteiger partial charge in [-0.3, -0.25) is 9.69 Å². The van der Waals surface area contributed by atoms with Crippen LogP contribution in [0.4, 0.5) is 0 Å². The molecule has 5 nitrogen and oxygen atoms in total. The van der Waals surface area contributed by atoms with E-state index in [4.69, 9.17) is 10.5 Å². The maximum absolute atomic E-state index is 12.2. The third kappa shape index (κ3) is 5.89. The third-order valence-corrected chi connectivity index (χ3v) is 3.49. The topological polar surface area (TPSA) is 58.8 Å². The molecule has 0 aromatic rings. The molecule has 1 aliphatic rings. The van der Waals surface area contributed by atoms with E-state index >= 15 is 0 Å². The average Bonchev–Trinajstić information content (AvgIpc) is 2.38. The molecule has 0 aliphatic carbocycles. The van der Waals surface area contributed by atoms with Gasteiger partial charge in [0.2, 0.25) is 5.91 Å². The van der Waals surface area contributed by atoms with E-state index in [9.17, 15) is 4.79 Å². The molecule has 0 spiro atoms. The molecule has 1 fully saturated rings. The van der Waals surface area contributed by atoms with Gasteiger partial charge in [0.1, 0.15) is 0 Å². The molecule has 19 heavy (non-hydrogen) atoms. The van der Waals surface area contributed by atoms with E-state index in [2.05, 4.69) is 18.7 Å². The number of piperazine rings is 1. The Kier molecular flexibility index (Phi) is 7.34. The van der Waals surface area contributed by atoms with Crippen molar-refractivity contribution in [3.05, 3.63) is 0 Å². The maximum Gasteiger partial charge on any atom is 0.239 e. The molecule has 1 rings (SSSR count). The molecule has 1 unspecified atom stereocenters. The Morgan fingerprint density at radius 1 is 1.26 bits per heavy atom. The first-order valence-corrected chi connectivity index (χ1v) is 7.30. The smallest absolute Gasteiger partial charge is 0.239 e. The van der Waals surface area contributed by atoms with Crippen LogP contribution in [0.5, 0.6) is 0 Å². The van der Waals surface area contributed by atoms with Gasteiger partial charge in [0.15, 0.2) is 0 Å². The Bertz CT molecular complexity index is 263. The first-order chi connectivity index (χ1) is 9.04. The van der Waals surface area contributed by atoms with Crippen LogP contribution >= 0.6 is 0 Å². The molecule has 0 radical (unpaired) electrons. The molecule has 1 heterocycles. The SMILES string of the molecule is COCCCC(N)C(=O)N1CCN(CC(C)C)CC1. The Morgan fingerprint density at radius 2 is 1.89 bits per heavy atom. The van der Waals surface area contributed by atoms with E-state index in [0.717, 1.165) is 39.1 Å². The summed E-state index contributed by atoms with van der Waals surface area (Å²) in [6.45, 7) is 9.79. The minimum atomic E-state index is -0.369. The molecule has 0 saturated carbocycles. The maximum atomic E-state index is 12.2. The first kappa shape index (κ1) is 16.4. The Hall–Kier alpha value is -0.650. The second-order valence-electron chi connectivity index (χ2n) is 5.76. The van der Waals surface area contributed by atoms with Gasteiger partial charge in [-0.25, -0.2) is 0 Å². The summed E-state index contributed by atoms with van der Waals surface area (Å²) in [6, 6.07) is -0.369. The molecule has 2 N–H and O–H groups in total. The number of carbonyl (C=O) groups is 1. The van der Waals surface area contributed by atoms with Crippen molar-refractivity contribution in [2.45, 2.75) is 32.7 Å². The van der Waals surface area contributed by atoms with Gasteiger partial charge in [-0.1, -0.05) is 13.8 Å². The molecule has 112 valence electrons. The lowest BCUT2D eigenvalue weighted by atomic mass is 10.1. The summed E-state index contributed by atoms with van der Waals surface area (Å²) in [5.41, 5.74) is 5.94. The Balaban J connectivity index is 2.27. The fourth-order valence-electron chi connectivity index (χ4n) is 2.47. The number of carbonyl (C=O) groups excluding carboxylic acids is 1. The number of nitrogens with two attached hydrogens (primary N) is 1. The fraction of sp³-hybridized carbons (Fsp3) is 0.929. The molecule has 1 amide bonds. The van der Waals surface area contributed by atoms with Crippen molar-refractivity contribution in [1.82, 2.24) is 9.80 Å². The van der Waals surface area contributed by atoms with Crippen molar-refractivity contribution >= 4 is 5.91 Å². The minimum absolute atomic E-state index is 0.0975. The van der Waals surface area contributed by atoms with Gasteiger partial charge in [0, 0.05) is 46.4 Å². The van der Waals surface area contributed by atoms with Gasteiger partial charge in [-0.15, -0.1) is 0 Å². The van der Waals surface area contributed by atoms with Crippen molar-refractivity contribution in [1.29, 1.82) is 0 Å². The summed E-state index contributed by atoms with van der Waals surface area (Å²) in [4.78, 5) is 16.5. The van der Waals surface area contributed by atoms with E-state index in [1.54, 1.807) is 7.11 Å². The molecule has 0 bridgehead atoms. The van der Waals surface area contributed by atoms with E-state index in [0.29, 0.717) is 18.9 Å². The highest BCUT2D eigenvalue weighted by Crippen LogP contribution is 2.08. The predicted molar refractivity (Wildman–Crippen MR) is 76.9 cm³/mol. The number of rotatable bonds is 7. The van der Waals surface area contributed by atoms with Crippen LogP contribution < -0.4 is 5.73 Å². The summed E-state index contributed by atoms with van der Waals surface area (Å²) in [6.07, 6.45) is 1.55. The molecular formula is C14H29N3O2. The van der Waals surface area contributed by atoms with E-state index in [1.807, 2.05) is 4.90 Å². The van der Waals surface area contributed by atoms with Crippen molar-refractivity contribution in [3.63, 3.8) is 0 Å². The monoisotopic (exact) mass is 271 g/mol. The summed E-state index contributed by atoms with van der Waals surface area (Å²) < 4.78 is 4.98. The lowest BCUT2D eigenvalue weighted by molar-refractivity contribution is -0.134. The number of amides is 1. The van der Waals surface area contributed by atoms with Crippen molar-refractivity contribution in [2.24, 2.45) is 11.7 Å².